The Morgan fingerprint density at radius 1 is 1.39 bits per heavy atom. The Kier molecular flexibility index (Phi) is 7.36. The van der Waals surface area contributed by atoms with Crippen molar-refractivity contribution in [3.8, 4) is 5.75 Å². The summed E-state index contributed by atoms with van der Waals surface area (Å²) >= 11 is 4.68. The first kappa shape index (κ1) is 24.2. The van der Waals surface area contributed by atoms with E-state index in [-0.39, 0.29) is 11.9 Å². The molecule has 31 heavy (non-hydrogen) atoms. The number of hydrogen-bond acceptors (Lipinski definition) is 8. The molecule has 1 aromatic rings. The summed E-state index contributed by atoms with van der Waals surface area (Å²) in [6, 6.07) is 5.53. The number of nitro groups is 1. The van der Waals surface area contributed by atoms with E-state index in [1.807, 2.05) is 0 Å². The van der Waals surface area contributed by atoms with E-state index in [0.29, 0.717) is 4.90 Å². The second-order valence-corrected chi connectivity index (χ2v) is 8.67. The van der Waals surface area contributed by atoms with Crippen LogP contribution in [0.5, 0.6) is 5.75 Å². The fraction of sp³-hybridized carbons (Fsp3) is 0.333. The number of benzene rings is 1. The van der Waals surface area contributed by atoms with Crippen LogP contribution in [0.2, 0.25) is 0 Å². The van der Waals surface area contributed by atoms with Gasteiger partial charge < -0.3 is 15.6 Å². The molecule has 1 aliphatic carbocycles. The van der Waals surface area contributed by atoms with Gasteiger partial charge in [0.25, 0.3) is 0 Å². The third kappa shape index (κ3) is 5.37. The molecule has 3 N–H and O–H groups in total. The lowest BCUT2D eigenvalue weighted by Crippen LogP contribution is -2.54. The number of allylic oxidation sites excluding steroid dienone is 2. The predicted octanol–water partition coefficient (Wildman–Crippen LogP) is 2.12. The summed E-state index contributed by atoms with van der Waals surface area (Å²) < 4.78 is 36.8. The van der Waals surface area contributed by atoms with Crippen LogP contribution in [-0.4, -0.2) is 52.9 Å². The summed E-state index contributed by atoms with van der Waals surface area (Å²) in [5.41, 5.74) is 2.75. The first-order valence-corrected chi connectivity index (χ1v) is 10.7. The normalized spacial score (nSPS) is 20.4. The van der Waals surface area contributed by atoms with Crippen molar-refractivity contribution in [1.29, 1.82) is 0 Å². The number of thiocarbonyl (C=S) groups is 1. The van der Waals surface area contributed by atoms with E-state index >= 15 is 0 Å². The zero-order valence-electron chi connectivity index (χ0n) is 16.6. The summed E-state index contributed by atoms with van der Waals surface area (Å²) in [6.07, 6.45) is 2.89. The average Bonchev–Trinajstić information content (AvgIpc) is 2.66. The van der Waals surface area contributed by atoms with E-state index < -0.39 is 49.3 Å². The van der Waals surface area contributed by atoms with Crippen LogP contribution in [0.3, 0.4) is 0 Å². The summed E-state index contributed by atoms with van der Waals surface area (Å²) in [5.74, 6) is -1.41. The van der Waals surface area contributed by atoms with Crippen molar-refractivity contribution in [1.82, 2.24) is 4.90 Å². The second kappa shape index (κ2) is 9.41. The van der Waals surface area contributed by atoms with Crippen LogP contribution in [-0.2, 0) is 14.3 Å². The molecule has 2 unspecified atom stereocenters. The first-order valence-electron chi connectivity index (χ1n) is 8.92. The fourth-order valence-electron chi connectivity index (χ4n) is 2.85. The van der Waals surface area contributed by atoms with Gasteiger partial charge in [-0.2, -0.15) is 12.6 Å². The van der Waals surface area contributed by atoms with Crippen molar-refractivity contribution in [3.63, 3.8) is 0 Å². The summed E-state index contributed by atoms with van der Waals surface area (Å²) in [6.45, 7) is 2.76. The molecule has 0 radical (unpaired) electrons. The van der Waals surface area contributed by atoms with Crippen molar-refractivity contribution in [3.05, 3.63) is 58.7 Å². The number of hydrogen-bond donors (Lipinski definition) is 2. The van der Waals surface area contributed by atoms with Gasteiger partial charge >= 0.3 is 21.9 Å². The van der Waals surface area contributed by atoms with Crippen molar-refractivity contribution >= 4 is 33.5 Å². The van der Waals surface area contributed by atoms with Gasteiger partial charge in [0.2, 0.25) is 0 Å². The number of amides is 1. The summed E-state index contributed by atoms with van der Waals surface area (Å²) in [4.78, 5) is 22.6. The van der Waals surface area contributed by atoms with Crippen LogP contribution in [0.1, 0.15) is 13.8 Å². The molecule has 0 heterocycles. The molecule has 1 aromatic carbocycles. The maximum absolute atomic E-state index is 13.1. The molecule has 11 nitrogen and oxygen atoms in total. The Hall–Kier alpha value is -3.03. The van der Waals surface area contributed by atoms with Crippen LogP contribution in [0.15, 0.2) is 53.5 Å². The van der Waals surface area contributed by atoms with Crippen molar-refractivity contribution in [2.45, 2.75) is 30.6 Å². The molecular weight excluding hydrogens is 450 g/mol. The summed E-state index contributed by atoms with van der Waals surface area (Å²) in [5, 5.41) is 20.8. The topological polar surface area (TPSA) is 162 Å². The number of rotatable bonds is 8. The van der Waals surface area contributed by atoms with E-state index in [4.69, 9.17) is 14.7 Å². The second-order valence-electron chi connectivity index (χ2n) is 6.74. The van der Waals surface area contributed by atoms with Gasteiger partial charge in [0.15, 0.2) is 5.11 Å². The molecule has 0 aliphatic heterocycles. The molecule has 0 fully saturated rings. The molecule has 2 atom stereocenters. The van der Waals surface area contributed by atoms with Gasteiger partial charge in [-0.3, -0.25) is 15.0 Å². The third-order valence-electron chi connectivity index (χ3n) is 4.21. The van der Waals surface area contributed by atoms with Crippen molar-refractivity contribution in [2.75, 3.05) is 6.54 Å². The molecule has 168 valence electrons. The van der Waals surface area contributed by atoms with E-state index in [2.05, 4.69) is 12.2 Å². The molecule has 0 aromatic heterocycles. The van der Waals surface area contributed by atoms with Crippen LogP contribution in [0.4, 0.5) is 4.79 Å². The SMILES string of the molecule is CC(C)Oc1ccccc1S(=O)(=O)OC1([N+](=O)[O-])C=CC=CC1CN(C(=O)O)C(N)=S. The molecule has 0 spiro atoms. The van der Waals surface area contributed by atoms with Crippen molar-refractivity contribution in [2.24, 2.45) is 11.7 Å². The van der Waals surface area contributed by atoms with E-state index in [1.165, 1.54) is 36.4 Å². The molecule has 13 heteroatoms. The average molecular weight is 472 g/mol. The van der Waals surface area contributed by atoms with Gasteiger partial charge in [-0.25, -0.2) is 4.79 Å². The lowest BCUT2D eigenvalue weighted by molar-refractivity contribution is -0.608. The predicted molar refractivity (Wildman–Crippen MR) is 113 cm³/mol. The highest BCUT2D eigenvalue weighted by Crippen LogP contribution is 2.36. The van der Waals surface area contributed by atoms with Crippen LogP contribution in [0, 0.1) is 16.0 Å². The van der Waals surface area contributed by atoms with Crippen LogP contribution < -0.4 is 10.5 Å². The van der Waals surface area contributed by atoms with Crippen LogP contribution in [0.25, 0.3) is 0 Å². The Bertz CT molecular complexity index is 1020. The van der Waals surface area contributed by atoms with E-state index in [0.717, 1.165) is 6.08 Å². The smallest absolute Gasteiger partial charge is 0.413 e. The number of nitrogens with two attached hydrogens (primary N) is 1. The lowest BCUT2D eigenvalue weighted by atomic mass is 9.91. The van der Waals surface area contributed by atoms with Gasteiger partial charge in [-0.15, -0.1) is 0 Å². The highest BCUT2D eigenvalue weighted by molar-refractivity contribution is 7.87. The Morgan fingerprint density at radius 2 is 2.03 bits per heavy atom. The van der Waals surface area contributed by atoms with Gasteiger partial charge in [0, 0.05) is 12.6 Å². The standard InChI is InChI=1S/C18H21N3O8S2/c1-12(2)28-14-8-3-4-9-15(14)31(26,27)29-18(21(24)25)10-6-5-7-13(18)11-20(16(19)30)17(22)23/h3-10,12-13H,11H2,1-2H3,(H2,19,30)(H,22,23). The molecular formula is C18H21N3O8S2. The van der Waals surface area contributed by atoms with Gasteiger partial charge in [-0.05, 0) is 38.2 Å². The maximum Gasteiger partial charge on any atom is 0.413 e. The number of para-hydroxylation sites is 1. The molecule has 2 rings (SSSR count). The highest BCUT2D eigenvalue weighted by atomic mass is 32.2. The monoisotopic (exact) mass is 471 g/mol. The zero-order valence-corrected chi connectivity index (χ0v) is 18.2. The molecule has 1 amide bonds. The molecule has 0 saturated heterocycles. The Labute approximate surface area is 184 Å². The highest BCUT2D eigenvalue weighted by Gasteiger charge is 2.55. The summed E-state index contributed by atoms with van der Waals surface area (Å²) in [7, 11) is -4.73. The zero-order chi connectivity index (χ0) is 23.4. The largest absolute Gasteiger partial charge is 0.490 e. The van der Waals surface area contributed by atoms with E-state index in [9.17, 15) is 28.4 Å². The Morgan fingerprint density at radius 3 is 2.58 bits per heavy atom. The number of ether oxygens (including phenoxy) is 1. The van der Waals surface area contributed by atoms with Crippen LogP contribution >= 0.6 is 12.2 Å². The first-order chi connectivity index (χ1) is 14.4. The fourth-order valence-corrected chi connectivity index (χ4v) is 4.29. The van der Waals surface area contributed by atoms with Gasteiger partial charge in [-0.1, -0.05) is 30.4 Å². The van der Waals surface area contributed by atoms with Crippen molar-refractivity contribution < 1.29 is 32.2 Å². The lowest BCUT2D eigenvalue weighted by Gasteiger charge is -2.32. The minimum atomic E-state index is -4.73. The minimum absolute atomic E-state index is 0.0434. The molecule has 0 saturated carbocycles. The van der Waals surface area contributed by atoms with Gasteiger partial charge in [0.05, 0.1) is 16.9 Å². The number of carbonyl (C=O) groups is 1. The third-order valence-corrected chi connectivity index (χ3v) is 5.79. The van der Waals surface area contributed by atoms with Gasteiger partial charge in [0.1, 0.15) is 10.6 Å². The van der Waals surface area contributed by atoms with E-state index in [1.54, 1.807) is 19.9 Å². The number of carboxylic acid groups (broad SMARTS) is 1. The quantitative estimate of drug-likeness (QED) is 0.189. The molecule has 1 aliphatic rings. The number of nitrogens with zero attached hydrogens (tertiary/aromatic N) is 2. The molecule has 0 bridgehead atoms. The minimum Gasteiger partial charge on any atom is -0.490 e. The Balaban J connectivity index is 2.52. The maximum atomic E-state index is 13.1.